The highest BCUT2D eigenvalue weighted by Gasteiger charge is 2.27. The number of hydrogen-bond donors (Lipinski definition) is 1. The molecule has 2 heterocycles. The van der Waals surface area contributed by atoms with Gasteiger partial charge in [0.2, 0.25) is 0 Å². The standard InChI is InChI=1S/C12H19N3O2/c1-9-7-11(13-14(9)2)12(17)15-5-3-10(8-15)4-6-16/h7,10,16H,3-6,8H2,1-2H3. The molecule has 1 unspecified atom stereocenters. The quantitative estimate of drug-likeness (QED) is 0.836. The van der Waals surface area contributed by atoms with E-state index in [1.165, 1.54) is 0 Å². The first-order valence-corrected chi connectivity index (χ1v) is 6.02. The molecule has 1 amide bonds. The van der Waals surface area contributed by atoms with Crippen LogP contribution >= 0.6 is 0 Å². The number of rotatable bonds is 3. The maximum Gasteiger partial charge on any atom is 0.274 e. The summed E-state index contributed by atoms with van der Waals surface area (Å²) in [7, 11) is 1.84. The van der Waals surface area contributed by atoms with Gasteiger partial charge in [-0.2, -0.15) is 5.10 Å². The smallest absolute Gasteiger partial charge is 0.274 e. The van der Waals surface area contributed by atoms with Gasteiger partial charge < -0.3 is 10.0 Å². The van der Waals surface area contributed by atoms with Crippen LogP contribution in [0.5, 0.6) is 0 Å². The minimum atomic E-state index is 0.00846. The number of aryl methyl sites for hydroxylation is 2. The van der Waals surface area contributed by atoms with E-state index in [1.54, 1.807) is 4.68 Å². The molecule has 1 fully saturated rings. The fourth-order valence-corrected chi connectivity index (χ4v) is 2.26. The maximum absolute atomic E-state index is 12.1. The van der Waals surface area contributed by atoms with Gasteiger partial charge in [0, 0.05) is 32.4 Å². The molecular weight excluding hydrogens is 218 g/mol. The molecule has 17 heavy (non-hydrogen) atoms. The van der Waals surface area contributed by atoms with E-state index in [-0.39, 0.29) is 12.5 Å². The van der Waals surface area contributed by atoms with E-state index < -0.39 is 0 Å². The van der Waals surface area contributed by atoms with Crippen molar-refractivity contribution in [3.05, 3.63) is 17.5 Å². The molecule has 0 radical (unpaired) electrons. The van der Waals surface area contributed by atoms with Gasteiger partial charge in [0.1, 0.15) is 0 Å². The van der Waals surface area contributed by atoms with Gasteiger partial charge in [0.25, 0.3) is 5.91 Å². The lowest BCUT2D eigenvalue weighted by Gasteiger charge is -2.14. The summed E-state index contributed by atoms with van der Waals surface area (Å²) in [4.78, 5) is 14.0. The third kappa shape index (κ3) is 2.49. The molecule has 2 rings (SSSR count). The van der Waals surface area contributed by atoms with Crippen molar-refractivity contribution in [2.75, 3.05) is 19.7 Å². The van der Waals surface area contributed by atoms with Crippen molar-refractivity contribution in [3.8, 4) is 0 Å². The second-order valence-electron chi connectivity index (χ2n) is 4.71. The summed E-state index contributed by atoms with van der Waals surface area (Å²) in [6.07, 6.45) is 1.77. The van der Waals surface area contributed by atoms with Gasteiger partial charge in [-0.25, -0.2) is 0 Å². The number of carbonyl (C=O) groups excluding carboxylic acids is 1. The largest absolute Gasteiger partial charge is 0.396 e. The van der Waals surface area contributed by atoms with E-state index in [0.29, 0.717) is 11.6 Å². The van der Waals surface area contributed by atoms with Crippen molar-refractivity contribution in [1.29, 1.82) is 0 Å². The number of nitrogens with zero attached hydrogens (tertiary/aromatic N) is 3. The van der Waals surface area contributed by atoms with Crippen LogP contribution in [0.25, 0.3) is 0 Å². The minimum absolute atomic E-state index is 0.00846. The number of hydrogen-bond acceptors (Lipinski definition) is 3. The third-order valence-electron chi connectivity index (χ3n) is 3.44. The third-order valence-corrected chi connectivity index (χ3v) is 3.44. The average Bonchev–Trinajstić information content (AvgIpc) is 2.87. The van der Waals surface area contributed by atoms with E-state index in [0.717, 1.165) is 31.6 Å². The minimum Gasteiger partial charge on any atom is -0.396 e. The van der Waals surface area contributed by atoms with E-state index in [9.17, 15) is 4.79 Å². The molecule has 1 aromatic rings. The van der Waals surface area contributed by atoms with E-state index >= 15 is 0 Å². The highest BCUT2D eigenvalue weighted by molar-refractivity contribution is 5.92. The van der Waals surface area contributed by atoms with Crippen molar-refractivity contribution in [2.24, 2.45) is 13.0 Å². The molecule has 0 aliphatic carbocycles. The number of amides is 1. The summed E-state index contributed by atoms with van der Waals surface area (Å²) in [6.45, 7) is 3.66. The Morgan fingerprint density at radius 2 is 2.41 bits per heavy atom. The van der Waals surface area contributed by atoms with Crippen LogP contribution in [0, 0.1) is 12.8 Å². The number of aliphatic hydroxyl groups is 1. The molecule has 94 valence electrons. The SMILES string of the molecule is Cc1cc(C(=O)N2CCC(CCO)C2)nn1C. The van der Waals surface area contributed by atoms with Crippen molar-refractivity contribution in [2.45, 2.75) is 19.8 Å². The molecule has 0 bridgehead atoms. The highest BCUT2D eigenvalue weighted by Crippen LogP contribution is 2.20. The van der Waals surface area contributed by atoms with E-state index in [1.807, 2.05) is 24.9 Å². The molecule has 5 nitrogen and oxygen atoms in total. The van der Waals surface area contributed by atoms with Crippen LogP contribution in [-0.4, -0.2) is 45.4 Å². The molecule has 5 heteroatoms. The Kier molecular flexibility index (Phi) is 3.47. The van der Waals surface area contributed by atoms with Gasteiger partial charge in [-0.05, 0) is 31.7 Å². The van der Waals surface area contributed by atoms with Gasteiger partial charge in [-0.1, -0.05) is 0 Å². The zero-order chi connectivity index (χ0) is 12.4. The second-order valence-corrected chi connectivity index (χ2v) is 4.71. The number of carbonyl (C=O) groups is 1. The molecule has 1 saturated heterocycles. The normalized spacial score (nSPS) is 19.9. The zero-order valence-electron chi connectivity index (χ0n) is 10.4. The Bertz CT molecular complexity index is 394. The fourth-order valence-electron chi connectivity index (χ4n) is 2.26. The predicted octanol–water partition coefficient (Wildman–Crippen LogP) is 0.573. The fraction of sp³-hybridized carbons (Fsp3) is 0.667. The lowest BCUT2D eigenvalue weighted by molar-refractivity contribution is 0.0778. The lowest BCUT2D eigenvalue weighted by atomic mass is 10.1. The summed E-state index contributed by atoms with van der Waals surface area (Å²) in [5.41, 5.74) is 1.51. The second kappa shape index (κ2) is 4.87. The summed E-state index contributed by atoms with van der Waals surface area (Å²) < 4.78 is 1.72. The zero-order valence-corrected chi connectivity index (χ0v) is 10.4. The monoisotopic (exact) mass is 237 g/mol. The first-order valence-electron chi connectivity index (χ1n) is 6.02. The van der Waals surface area contributed by atoms with Gasteiger partial charge in [0.05, 0.1) is 0 Å². The summed E-state index contributed by atoms with van der Waals surface area (Å²) in [5.74, 6) is 0.447. The van der Waals surface area contributed by atoms with Crippen LogP contribution in [-0.2, 0) is 7.05 Å². The van der Waals surface area contributed by atoms with Gasteiger partial charge in [-0.15, -0.1) is 0 Å². The summed E-state index contributed by atoms with van der Waals surface area (Å²) >= 11 is 0. The number of aliphatic hydroxyl groups excluding tert-OH is 1. The lowest BCUT2D eigenvalue weighted by Crippen LogP contribution is -2.29. The summed E-state index contributed by atoms with van der Waals surface area (Å²) in [5, 5.41) is 13.1. The Morgan fingerprint density at radius 1 is 1.65 bits per heavy atom. The highest BCUT2D eigenvalue weighted by atomic mass is 16.3. The Hall–Kier alpha value is -1.36. The van der Waals surface area contributed by atoms with Crippen LogP contribution in [0.1, 0.15) is 29.0 Å². The molecule has 1 aliphatic rings. The molecule has 1 aliphatic heterocycles. The van der Waals surface area contributed by atoms with Crippen molar-refractivity contribution >= 4 is 5.91 Å². The number of aromatic nitrogens is 2. The van der Waals surface area contributed by atoms with E-state index in [2.05, 4.69) is 5.10 Å². The Labute approximate surface area is 101 Å². The van der Waals surface area contributed by atoms with Crippen LogP contribution in [0.4, 0.5) is 0 Å². The van der Waals surface area contributed by atoms with Crippen LogP contribution < -0.4 is 0 Å². The van der Waals surface area contributed by atoms with Crippen LogP contribution in [0.15, 0.2) is 6.07 Å². The van der Waals surface area contributed by atoms with Crippen LogP contribution in [0.3, 0.4) is 0 Å². The average molecular weight is 237 g/mol. The first kappa shape index (κ1) is 12.1. The van der Waals surface area contributed by atoms with Gasteiger partial charge in [-0.3, -0.25) is 9.48 Å². The Balaban J connectivity index is 2.02. The predicted molar refractivity (Wildman–Crippen MR) is 63.7 cm³/mol. The maximum atomic E-state index is 12.1. The molecule has 0 spiro atoms. The summed E-state index contributed by atoms with van der Waals surface area (Å²) in [6, 6.07) is 1.82. The molecule has 1 aromatic heterocycles. The number of likely N-dealkylation sites (tertiary alicyclic amines) is 1. The molecule has 0 aromatic carbocycles. The van der Waals surface area contributed by atoms with Gasteiger partial charge in [0.15, 0.2) is 5.69 Å². The van der Waals surface area contributed by atoms with Gasteiger partial charge >= 0.3 is 0 Å². The molecular formula is C12H19N3O2. The first-order chi connectivity index (χ1) is 8.11. The Morgan fingerprint density at radius 3 is 3.00 bits per heavy atom. The molecule has 1 atom stereocenters. The van der Waals surface area contributed by atoms with Crippen molar-refractivity contribution in [3.63, 3.8) is 0 Å². The topological polar surface area (TPSA) is 58.4 Å². The van der Waals surface area contributed by atoms with Crippen molar-refractivity contribution in [1.82, 2.24) is 14.7 Å². The molecule has 0 saturated carbocycles. The molecule has 1 N–H and O–H groups in total. The van der Waals surface area contributed by atoms with E-state index in [4.69, 9.17) is 5.11 Å². The van der Waals surface area contributed by atoms with Crippen LogP contribution in [0.2, 0.25) is 0 Å². The van der Waals surface area contributed by atoms with Crippen molar-refractivity contribution < 1.29 is 9.90 Å².